The molecule has 5 nitrogen and oxygen atoms in total. The summed E-state index contributed by atoms with van der Waals surface area (Å²) in [6.07, 6.45) is 4.81. The highest BCUT2D eigenvalue weighted by molar-refractivity contribution is 5.79. The number of nitrogens with zero attached hydrogens (tertiary/aromatic N) is 1. The average Bonchev–Trinajstić information content (AvgIpc) is 2.51. The van der Waals surface area contributed by atoms with E-state index in [-0.39, 0.29) is 11.8 Å². The molecular formula is C16H30N2O3. The Morgan fingerprint density at radius 3 is 2.71 bits per heavy atom. The van der Waals surface area contributed by atoms with Crippen molar-refractivity contribution >= 4 is 5.91 Å². The van der Waals surface area contributed by atoms with E-state index in [1.165, 1.54) is 0 Å². The molecule has 1 amide bonds. The van der Waals surface area contributed by atoms with Crippen LogP contribution in [0.2, 0.25) is 0 Å². The summed E-state index contributed by atoms with van der Waals surface area (Å²) in [5.74, 6) is 0.305. The maximum Gasteiger partial charge on any atom is 0.224 e. The molecule has 5 heteroatoms. The van der Waals surface area contributed by atoms with Gasteiger partial charge in [0.1, 0.15) is 0 Å². The lowest BCUT2D eigenvalue weighted by Gasteiger charge is -2.50. The number of methoxy groups -OCH3 is 2. The molecule has 1 saturated heterocycles. The smallest absolute Gasteiger partial charge is 0.224 e. The van der Waals surface area contributed by atoms with Crippen LogP contribution in [0.5, 0.6) is 0 Å². The summed E-state index contributed by atoms with van der Waals surface area (Å²) in [7, 11) is 5.59. The van der Waals surface area contributed by atoms with Crippen LogP contribution in [-0.2, 0) is 14.3 Å². The first-order chi connectivity index (χ1) is 10.0. The second kappa shape index (κ2) is 7.07. The second-order valence-corrected chi connectivity index (χ2v) is 6.55. The van der Waals surface area contributed by atoms with Crippen LogP contribution in [0.4, 0.5) is 0 Å². The Morgan fingerprint density at radius 1 is 1.38 bits per heavy atom. The minimum Gasteiger partial charge on any atom is -0.356 e. The maximum atomic E-state index is 12.3. The van der Waals surface area contributed by atoms with Crippen molar-refractivity contribution in [2.75, 3.05) is 34.4 Å². The molecule has 3 atom stereocenters. The zero-order chi connectivity index (χ0) is 15.5. The number of nitrogens with one attached hydrogen (secondary N) is 1. The van der Waals surface area contributed by atoms with Crippen LogP contribution in [-0.4, -0.2) is 57.0 Å². The fraction of sp³-hybridized carbons (Fsp3) is 0.938. The molecule has 122 valence electrons. The van der Waals surface area contributed by atoms with Crippen molar-refractivity contribution in [3.8, 4) is 0 Å². The highest BCUT2D eigenvalue weighted by atomic mass is 16.7. The zero-order valence-electron chi connectivity index (χ0n) is 13.9. The van der Waals surface area contributed by atoms with Gasteiger partial charge in [-0.15, -0.1) is 0 Å². The lowest BCUT2D eigenvalue weighted by molar-refractivity contribution is -0.242. The van der Waals surface area contributed by atoms with E-state index in [1.54, 1.807) is 14.2 Å². The number of ether oxygens (including phenoxy) is 2. The fourth-order valence-electron chi connectivity index (χ4n) is 4.02. The number of piperidine rings is 1. The van der Waals surface area contributed by atoms with Crippen LogP contribution in [0, 0.1) is 11.8 Å². The Bertz CT molecular complexity index is 357. The Labute approximate surface area is 128 Å². The highest BCUT2D eigenvalue weighted by Crippen LogP contribution is 2.42. The van der Waals surface area contributed by atoms with Crippen molar-refractivity contribution in [3.63, 3.8) is 0 Å². The Hall–Kier alpha value is -0.650. The van der Waals surface area contributed by atoms with Crippen LogP contribution < -0.4 is 5.32 Å². The van der Waals surface area contributed by atoms with Gasteiger partial charge in [-0.25, -0.2) is 0 Å². The molecule has 0 aromatic rings. The molecule has 1 N–H and O–H groups in total. The molecule has 0 unspecified atom stereocenters. The Balaban J connectivity index is 2.02. The Kier molecular flexibility index (Phi) is 5.63. The van der Waals surface area contributed by atoms with Gasteiger partial charge in [0.2, 0.25) is 5.91 Å². The average molecular weight is 298 g/mol. The van der Waals surface area contributed by atoms with E-state index in [0.717, 1.165) is 45.2 Å². The molecule has 0 aromatic carbocycles. The number of carbonyl (C=O) groups is 1. The van der Waals surface area contributed by atoms with Crippen LogP contribution in [0.15, 0.2) is 0 Å². The summed E-state index contributed by atoms with van der Waals surface area (Å²) in [6.45, 7) is 3.72. The third kappa shape index (κ3) is 3.58. The molecule has 1 aliphatic heterocycles. The lowest BCUT2D eigenvalue weighted by atomic mass is 9.72. The summed E-state index contributed by atoms with van der Waals surface area (Å²) in [5, 5.41) is 3.04. The molecule has 0 aromatic heterocycles. The molecular weight excluding hydrogens is 268 g/mol. The van der Waals surface area contributed by atoms with Gasteiger partial charge in [0.05, 0.1) is 5.92 Å². The number of hydrogen-bond acceptors (Lipinski definition) is 4. The van der Waals surface area contributed by atoms with Gasteiger partial charge in [-0.3, -0.25) is 4.79 Å². The number of rotatable bonds is 5. The van der Waals surface area contributed by atoms with Crippen molar-refractivity contribution in [3.05, 3.63) is 0 Å². The van der Waals surface area contributed by atoms with Gasteiger partial charge in [-0.05, 0) is 32.2 Å². The molecule has 1 heterocycles. The van der Waals surface area contributed by atoms with Gasteiger partial charge in [-0.1, -0.05) is 6.92 Å². The predicted molar refractivity (Wildman–Crippen MR) is 81.9 cm³/mol. The quantitative estimate of drug-likeness (QED) is 0.784. The normalized spacial score (nSPS) is 32.5. The highest BCUT2D eigenvalue weighted by Gasteiger charge is 2.46. The third-order valence-electron chi connectivity index (χ3n) is 5.26. The maximum absolute atomic E-state index is 12.3. The van der Waals surface area contributed by atoms with E-state index < -0.39 is 5.79 Å². The molecule has 2 fully saturated rings. The topological polar surface area (TPSA) is 50.8 Å². The van der Waals surface area contributed by atoms with Gasteiger partial charge < -0.3 is 19.7 Å². The van der Waals surface area contributed by atoms with E-state index >= 15 is 0 Å². The summed E-state index contributed by atoms with van der Waals surface area (Å²) in [4.78, 5) is 14.6. The molecule has 2 aliphatic rings. The van der Waals surface area contributed by atoms with E-state index in [9.17, 15) is 4.79 Å². The van der Waals surface area contributed by atoms with E-state index in [4.69, 9.17) is 9.47 Å². The SMILES string of the molecule is CCCNC(=O)[C@@H]1C[C@@H]2CC(OC)(OC)CC[C@H]2N(C)C1. The van der Waals surface area contributed by atoms with Crippen LogP contribution >= 0.6 is 0 Å². The van der Waals surface area contributed by atoms with E-state index in [2.05, 4.69) is 24.2 Å². The zero-order valence-corrected chi connectivity index (χ0v) is 13.9. The summed E-state index contributed by atoms with van der Waals surface area (Å²) >= 11 is 0. The van der Waals surface area contributed by atoms with Gasteiger partial charge in [0.25, 0.3) is 0 Å². The van der Waals surface area contributed by atoms with Crippen molar-refractivity contribution < 1.29 is 14.3 Å². The van der Waals surface area contributed by atoms with E-state index in [1.807, 2.05) is 0 Å². The number of fused-ring (bicyclic) bond motifs is 1. The van der Waals surface area contributed by atoms with Crippen molar-refractivity contribution in [1.82, 2.24) is 10.2 Å². The van der Waals surface area contributed by atoms with E-state index in [0.29, 0.717) is 12.0 Å². The van der Waals surface area contributed by atoms with Crippen molar-refractivity contribution in [2.24, 2.45) is 11.8 Å². The number of carbonyl (C=O) groups excluding carboxylic acids is 1. The molecule has 1 aliphatic carbocycles. The van der Waals surface area contributed by atoms with Crippen LogP contribution in [0.25, 0.3) is 0 Å². The van der Waals surface area contributed by atoms with Gasteiger partial charge in [0, 0.05) is 46.2 Å². The number of amides is 1. The third-order valence-corrected chi connectivity index (χ3v) is 5.26. The van der Waals surface area contributed by atoms with Gasteiger partial charge >= 0.3 is 0 Å². The first-order valence-electron chi connectivity index (χ1n) is 8.13. The first-order valence-corrected chi connectivity index (χ1v) is 8.13. The summed E-state index contributed by atoms with van der Waals surface area (Å²) in [5.41, 5.74) is 0. The summed E-state index contributed by atoms with van der Waals surface area (Å²) < 4.78 is 11.3. The monoisotopic (exact) mass is 298 g/mol. The molecule has 0 radical (unpaired) electrons. The molecule has 0 bridgehead atoms. The standard InChI is InChI=1S/C16H30N2O3/c1-5-8-17-15(19)13-9-12-10-16(20-3,21-4)7-6-14(12)18(2)11-13/h12-14H,5-11H2,1-4H3,(H,17,19)/t12-,13-,14-/m1/s1. The first kappa shape index (κ1) is 16.7. The molecule has 21 heavy (non-hydrogen) atoms. The van der Waals surface area contributed by atoms with Gasteiger partial charge in [0.15, 0.2) is 5.79 Å². The lowest BCUT2D eigenvalue weighted by Crippen LogP contribution is -2.56. The second-order valence-electron chi connectivity index (χ2n) is 6.55. The number of likely N-dealkylation sites (tertiary alicyclic amines) is 1. The predicted octanol–water partition coefficient (Wildman–Crippen LogP) is 1.62. The summed E-state index contributed by atoms with van der Waals surface area (Å²) in [6, 6.07) is 0.554. The fourth-order valence-corrected chi connectivity index (χ4v) is 4.02. The van der Waals surface area contributed by atoms with Crippen molar-refractivity contribution in [2.45, 2.75) is 50.9 Å². The molecule has 1 saturated carbocycles. The Morgan fingerprint density at radius 2 is 2.10 bits per heavy atom. The molecule has 2 rings (SSSR count). The minimum absolute atomic E-state index is 0.0901. The van der Waals surface area contributed by atoms with Crippen molar-refractivity contribution in [1.29, 1.82) is 0 Å². The molecule has 0 spiro atoms. The van der Waals surface area contributed by atoms with Gasteiger partial charge in [-0.2, -0.15) is 0 Å². The van der Waals surface area contributed by atoms with Crippen LogP contribution in [0.3, 0.4) is 0 Å². The minimum atomic E-state index is -0.455. The number of hydrogen-bond donors (Lipinski definition) is 1. The largest absolute Gasteiger partial charge is 0.356 e. The van der Waals surface area contributed by atoms with Crippen LogP contribution in [0.1, 0.15) is 39.0 Å².